The number of nitrogens with two attached hydrogens (primary N) is 1. The molecule has 1 radical (unpaired) electrons. The Labute approximate surface area is 68.8 Å². The van der Waals surface area contributed by atoms with Crippen LogP contribution in [0.1, 0.15) is 10.4 Å². The van der Waals surface area contributed by atoms with Crippen LogP contribution in [0.25, 0.3) is 11.0 Å². The van der Waals surface area contributed by atoms with Gasteiger partial charge in [0.1, 0.15) is 5.58 Å². The normalized spacial score (nSPS) is 10.3. The standard InChI is InChI=1S/C9H6NO2/c10-9(11)7-5-12-8-4-2-1-3-6(7)8/h1-4H,(H2,10,11). The van der Waals surface area contributed by atoms with Crippen molar-refractivity contribution in [2.75, 3.05) is 0 Å². The lowest BCUT2D eigenvalue weighted by molar-refractivity contribution is 0.100. The number of furan rings is 1. The second kappa shape index (κ2) is 2.37. The smallest absolute Gasteiger partial charge is 0.253 e. The Morgan fingerprint density at radius 1 is 1.42 bits per heavy atom. The molecule has 12 heavy (non-hydrogen) atoms. The fourth-order valence-corrected chi connectivity index (χ4v) is 1.11. The minimum Gasteiger partial charge on any atom is -0.452 e. The summed E-state index contributed by atoms with van der Waals surface area (Å²) in [4.78, 5) is 10.8. The van der Waals surface area contributed by atoms with Crippen molar-refractivity contribution in [3.8, 4) is 0 Å². The van der Waals surface area contributed by atoms with Gasteiger partial charge in [-0.2, -0.15) is 0 Å². The molecule has 0 unspecified atom stereocenters. The van der Waals surface area contributed by atoms with E-state index in [1.807, 2.05) is 12.1 Å². The highest BCUT2D eigenvalue weighted by atomic mass is 16.3. The van der Waals surface area contributed by atoms with Gasteiger partial charge in [0.05, 0.1) is 5.56 Å². The van der Waals surface area contributed by atoms with Gasteiger partial charge >= 0.3 is 0 Å². The highest BCUT2D eigenvalue weighted by molar-refractivity contribution is 6.04. The Hall–Kier alpha value is -1.77. The van der Waals surface area contributed by atoms with Crippen molar-refractivity contribution in [1.29, 1.82) is 0 Å². The molecule has 1 aromatic heterocycles. The van der Waals surface area contributed by atoms with Gasteiger partial charge in [0, 0.05) is 5.39 Å². The molecule has 3 nitrogen and oxygen atoms in total. The first-order chi connectivity index (χ1) is 5.79. The van der Waals surface area contributed by atoms with Gasteiger partial charge in [0.15, 0.2) is 6.26 Å². The second-order valence-electron chi connectivity index (χ2n) is 2.44. The fourth-order valence-electron chi connectivity index (χ4n) is 1.11. The summed E-state index contributed by atoms with van der Waals surface area (Å²) < 4.78 is 4.98. The lowest BCUT2D eigenvalue weighted by atomic mass is 10.2. The van der Waals surface area contributed by atoms with E-state index in [-0.39, 0.29) is 0 Å². The number of carbonyl (C=O) groups excluding carboxylic acids is 1. The second-order valence-corrected chi connectivity index (χ2v) is 2.44. The molecule has 2 N–H and O–H groups in total. The minimum absolute atomic E-state index is 0.311. The largest absolute Gasteiger partial charge is 0.452 e. The number of amides is 1. The highest BCUT2D eigenvalue weighted by Crippen LogP contribution is 2.18. The molecule has 0 aliphatic carbocycles. The number of hydrogen-bond donors (Lipinski definition) is 1. The van der Waals surface area contributed by atoms with Crippen LogP contribution in [0.15, 0.2) is 28.7 Å². The Balaban J connectivity index is 2.79. The number of primary amides is 1. The maximum atomic E-state index is 10.8. The van der Waals surface area contributed by atoms with Crippen molar-refractivity contribution in [2.45, 2.75) is 0 Å². The number of hydrogen-bond acceptors (Lipinski definition) is 2. The van der Waals surface area contributed by atoms with Crippen LogP contribution in [0.2, 0.25) is 0 Å². The van der Waals surface area contributed by atoms with Crippen molar-refractivity contribution in [1.82, 2.24) is 0 Å². The predicted octanol–water partition coefficient (Wildman–Crippen LogP) is 1.33. The lowest BCUT2D eigenvalue weighted by Crippen LogP contribution is -2.09. The molecule has 59 valence electrons. The van der Waals surface area contributed by atoms with Gasteiger partial charge in [-0.3, -0.25) is 4.79 Å². The maximum absolute atomic E-state index is 10.8. The SMILES string of the molecule is NC(=O)c1[c]oc2ccccc12. The summed E-state index contributed by atoms with van der Waals surface area (Å²) >= 11 is 0. The van der Waals surface area contributed by atoms with E-state index in [2.05, 4.69) is 6.26 Å². The van der Waals surface area contributed by atoms with Crippen LogP contribution in [0.4, 0.5) is 0 Å². The van der Waals surface area contributed by atoms with Crippen molar-refractivity contribution >= 4 is 16.9 Å². The van der Waals surface area contributed by atoms with E-state index in [0.717, 1.165) is 0 Å². The van der Waals surface area contributed by atoms with E-state index in [9.17, 15) is 4.79 Å². The lowest BCUT2D eigenvalue weighted by Gasteiger charge is -1.87. The van der Waals surface area contributed by atoms with Gasteiger partial charge in [-0.1, -0.05) is 18.2 Å². The summed E-state index contributed by atoms with van der Waals surface area (Å²) in [5.41, 5.74) is 6.04. The van der Waals surface area contributed by atoms with Crippen LogP contribution in [0.3, 0.4) is 0 Å². The molecule has 1 heterocycles. The Morgan fingerprint density at radius 3 is 2.92 bits per heavy atom. The molecule has 2 aromatic rings. The topological polar surface area (TPSA) is 56.2 Å². The average Bonchev–Trinajstić information content (AvgIpc) is 2.47. The first-order valence-corrected chi connectivity index (χ1v) is 3.48. The predicted molar refractivity (Wildman–Crippen MR) is 43.6 cm³/mol. The molecule has 0 atom stereocenters. The zero-order chi connectivity index (χ0) is 8.55. The van der Waals surface area contributed by atoms with Gasteiger partial charge in [0.2, 0.25) is 0 Å². The molecule has 3 heteroatoms. The van der Waals surface area contributed by atoms with E-state index in [1.54, 1.807) is 12.1 Å². The number of rotatable bonds is 1. The van der Waals surface area contributed by atoms with Crippen LogP contribution in [0, 0.1) is 6.26 Å². The maximum Gasteiger partial charge on any atom is 0.253 e. The number of carbonyl (C=O) groups is 1. The summed E-state index contributed by atoms with van der Waals surface area (Å²) in [5.74, 6) is -0.514. The van der Waals surface area contributed by atoms with Crippen LogP contribution < -0.4 is 5.73 Å². The third kappa shape index (κ3) is 0.871. The van der Waals surface area contributed by atoms with Gasteiger partial charge in [0.25, 0.3) is 5.91 Å². The summed E-state index contributed by atoms with van der Waals surface area (Å²) in [6, 6.07) is 7.18. The molecule has 1 aromatic carbocycles. The fraction of sp³-hybridized carbons (Fsp3) is 0. The van der Waals surface area contributed by atoms with Crippen molar-refractivity contribution < 1.29 is 9.21 Å². The van der Waals surface area contributed by atoms with Crippen molar-refractivity contribution in [3.63, 3.8) is 0 Å². The van der Waals surface area contributed by atoms with E-state index >= 15 is 0 Å². The summed E-state index contributed by atoms with van der Waals surface area (Å²) in [6.07, 6.45) is 2.46. The van der Waals surface area contributed by atoms with Gasteiger partial charge < -0.3 is 10.2 Å². The molecule has 0 saturated carbocycles. The molecule has 0 spiro atoms. The van der Waals surface area contributed by atoms with E-state index in [0.29, 0.717) is 16.5 Å². The number of para-hydroxylation sites is 1. The van der Waals surface area contributed by atoms with Gasteiger partial charge in [-0.15, -0.1) is 0 Å². The van der Waals surface area contributed by atoms with Gasteiger partial charge in [-0.25, -0.2) is 0 Å². The quantitative estimate of drug-likeness (QED) is 0.684. The van der Waals surface area contributed by atoms with Crippen LogP contribution >= 0.6 is 0 Å². The van der Waals surface area contributed by atoms with E-state index in [4.69, 9.17) is 10.2 Å². The summed E-state index contributed by atoms with van der Waals surface area (Å²) in [6.45, 7) is 0. The third-order valence-corrected chi connectivity index (χ3v) is 1.67. The van der Waals surface area contributed by atoms with E-state index < -0.39 is 5.91 Å². The Morgan fingerprint density at radius 2 is 2.17 bits per heavy atom. The first-order valence-electron chi connectivity index (χ1n) is 3.48. The zero-order valence-electron chi connectivity index (χ0n) is 6.20. The summed E-state index contributed by atoms with van der Waals surface area (Å²) in [7, 11) is 0. The van der Waals surface area contributed by atoms with Crippen molar-refractivity contribution in [2.24, 2.45) is 5.73 Å². The molecule has 0 bridgehead atoms. The Bertz CT molecular complexity index is 431. The number of benzene rings is 1. The monoisotopic (exact) mass is 160 g/mol. The van der Waals surface area contributed by atoms with E-state index in [1.165, 1.54) is 0 Å². The van der Waals surface area contributed by atoms with Crippen molar-refractivity contribution in [3.05, 3.63) is 36.1 Å². The molecule has 0 fully saturated rings. The van der Waals surface area contributed by atoms with Crippen LogP contribution in [0.5, 0.6) is 0 Å². The molecule has 2 rings (SSSR count). The minimum atomic E-state index is -0.514. The zero-order valence-corrected chi connectivity index (χ0v) is 6.20. The average molecular weight is 160 g/mol. The number of fused-ring (bicyclic) bond motifs is 1. The molecular weight excluding hydrogens is 154 g/mol. The van der Waals surface area contributed by atoms with Gasteiger partial charge in [-0.05, 0) is 6.07 Å². The van der Waals surface area contributed by atoms with Crippen LogP contribution in [-0.2, 0) is 0 Å². The highest BCUT2D eigenvalue weighted by Gasteiger charge is 2.09. The molecule has 1 amide bonds. The third-order valence-electron chi connectivity index (χ3n) is 1.67. The van der Waals surface area contributed by atoms with Crippen LogP contribution in [-0.4, -0.2) is 5.91 Å². The molecule has 0 aliphatic rings. The molecule has 0 saturated heterocycles. The summed E-state index contributed by atoms with van der Waals surface area (Å²) in [5, 5.41) is 0.713. The molecular formula is C9H6NO2. The first kappa shape index (κ1) is 6.91. The molecule has 0 aliphatic heterocycles. The Kier molecular flexibility index (Phi) is 1.37.